The molecule has 0 amide bonds. The Labute approximate surface area is 198 Å². The van der Waals surface area contributed by atoms with Gasteiger partial charge in [0.25, 0.3) is 0 Å². The standard InChI is InChI=1S/C29H38N2O2/c1-4-5-6-7-14-33-23-9-11-24-21(16-23)8-10-26-25(24)12-13-29(2)27(26)17-22(28(29)32)15-20-18-30-31(3)19-20/h9,11,15-16,18-19,25-27H,4-8,10,12-14,17H2,1-3H3. The number of benzene rings is 1. The molecule has 0 aliphatic heterocycles. The van der Waals surface area contributed by atoms with Crippen molar-refractivity contribution in [1.29, 1.82) is 0 Å². The number of allylic oxidation sites excluding steroid dienone is 1. The number of hydrogen-bond donors (Lipinski definition) is 0. The van der Waals surface area contributed by atoms with Crippen LogP contribution >= 0.6 is 0 Å². The number of aromatic nitrogens is 2. The number of Topliss-reactive ketones (excluding diaryl/α,β-unsaturated/α-hetero) is 1. The Morgan fingerprint density at radius 2 is 2.12 bits per heavy atom. The molecule has 0 spiro atoms. The average molecular weight is 447 g/mol. The number of aryl methyl sites for hydroxylation is 2. The zero-order valence-electron chi connectivity index (χ0n) is 20.5. The Kier molecular flexibility index (Phi) is 6.20. The van der Waals surface area contributed by atoms with Crippen molar-refractivity contribution in [3.63, 3.8) is 0 Å². The van der Waals surface area contributed by atoms with Crippen LogP contribution in [0.2, 0.25) is 0 Å². The number of carbonyl (C=O) groups excluding carboxylic acids is 1. The molecule has 3 aliphatic rings. The van der Waals surface area contributed by atoms with Gasteiger partial charge >= 0.3 is 0 Å². The lowest BCUT2D eigenvalue weighted by Crippen LogP contribution is -2.42. The molecule has 1 aromatic heterocycles. The second-order valence-electron chi connectivity index (χ2n) is 10.8. The number of ketones is 1. The molecule has 33 heavy (non-hydrogen) atoms. The summed E-state index contributed by atoms with van der Waals surface area (Å²) in [5.41, 5.74) is 4.84. The monoisotopic (exact) mass is 446 g/mol. The summed E-state index contributed by atoms with van der Waals surface area (Å²) in [7, 11) is 1.92. The predicted molar refractivity (Wildman–Crippen MR) is 132 cm³/mol. The lowest BCUT2D eigenvalue weighted by Gasteiger charge is -2.48. The molecule has 5 rings (SSSR count). The van der Waals surface area contributed by atoms with Gasteiger partial charge in [0.05, 0.1) is 12.8 Å². The molecule has 3 aliphatic carbocycles. The van der Waals surface area contributed by atoms with Crippen molar-refractivity contribution < 1.29 is 9.53 Å². The number of unbranched alkanes of at least 4 members (excludes halogenated alkanes) is 3. The average Bonchev–Trinajstić information content (AvgIpc) is 3.34. The summed E-state index contributed by atoms with van der Waals surface area (Å²) >= 11 is 0. The third-order valence-electron chi connectivity index (χ3n) is 8.67. The maximum Gasteiger partial charge on any atom is 0.165 e. The molecule has 4 unspecified atom stereocenters. The second kappa shape index (κ2) is 9.12. The first-order valence-electron chi connectivity index (χ1n) is 13.0. The van der Waals surface area contributed by atoms with Gasteiger partial charge in [-0.05, 0) is 91.2 Å². The van der Waals surface area contributed by atoms with Crippen molar-refractivity contribution in [2.45, 2.75) is 77.6 Å². The van der Waals surface area contributed by atoms with E-state index in [1.807, 2.05) is 19.4 Å². The summed E-state index contributed by atoms with van der Waals surface area (Å²) in [6.07, 6.45) is 16.2. The van der Waals surface area contributed by atoms with E-state index in [4.69, 9.17) is 4.74 Å². The van der Waals surface area contributed by atoms with Crippen LogP contribution in [0.3, 0.4) is 0 Å². The predicted octanol–water partition coefficient (Wildman–Crippen LogP) is 6.50. The van der Waals surface area contributed by atoms with E-state index in [1.54, 1.807) is 4.68 Å². The van der Waals surface area contributed by atoms with E-state index in [-0.39, 0.29) is 5.41 Å². The first kappa shape index (κ1) is 22.4. The van der Waals surface area contributed by atoms with Crippen LogP contribution in [0.1, 0.15) is 87.8 Å². The minimum Gasteiger partial charge on any atom is -0.494 e. The highest BCUT2D eigenvalue weighted by molar-refractivity contribution is 6.05. The Bertz CT molecular complexity index is 1050. The molecule has 4 atom stereocenters. The van der Waals surface area contributed by atoms with Gasteiger partial charge in [-0.3, -0.25) is 9.48 Å². The number of hydrogen-bond acceptors (Lipinski definition) is 3. The molecular formula is C29H38N2O2. The zero-order chi connectivity index (χ0) is 23.0. The van der Waals surface area contributed by atoms with E-state index in [0.29, 0.717) is 23.5 Å². The minimum absolute atomic E-state index is 0.200. The largest absolute Gasteiger partial charge is 0.494 e. The van der Waals surface area contributed by atoms with Gasteiger partial charge in [0.1, 0.15) is 5.75 Å². The van der Waals surface area contributed by atoms with Gasteiger partial charge in [-0.15, -0.1) is 0 Å². The normalized spacial score (nSPS) is 29.6. The van der Waals surface area contributed by atoms with Crippen LogP contribution in [-0.2, 0) is 18.3 Å². The van der Waals surface area contributed by atoms with Crippen molar-refractivity contribution >= 4 is 11.9 Å². The highest BCUT2D eigenvalue weighted by Crippen LogP contribution is 2.60. The van der Waals surface area contributed by atoms with E-state index in [2.05, 4.69) is 43.2 Å². The smallest absolute Gasteiger partial charge is 0.165 e. The maximum absolute atomic E-state index is 13.5. The van der Waals surface area contributed by atoms with Gasteiger partial charge in [-0.2, -0.15) is 5.10 Å². The molecule has 0 bridgehead atoms. The molecule has 0 N–H and O–H groups in total. The van der Waals surface area contributed by atoms with Crippen molar-refractivity contribution in [3.05, 3.63) is 52.9 Å². The molecule has 0 saturated heterocycles. The molecular weight excluding hydrogens is 408 g/mol. The van der Waals surface area contributed by atoms with Gasteiger partial charge in [-0.25, -0.2) is 0 Å². The summed E-state index contributed by atoms with van der Waals surface area (Å²) in [5, 5.41) is 4.27. The SMILES string of the molecule is CCCCCCOc1ccc2c(c1)CCC1C2CCC2(C)C(=O)C(=Cc3cnn(C)c3)CC12. The summed E-state index contributed by atoms with van der Waals surface area (Å²) in [6, 6.07) is 6.81. The molecule has 2 saturated carbocycles. The fourth-order valence-corrected chi connectivity index (χ4v) is 6.88. The lowest BCUT2D eigenvalue weighted by atomic mass is 9.55. The molecule has 4 nitrogen and oxygen atoms in total. The molecule has 176 valence electrons. The highest BCUT2D eigenvalue weighted by atomic mass is 16.5. The third-order valence-corrected chi connectivity index (χ3v) is 8.67. The molecule has 2 fully saturated rings. The van der Waals surface area contributed by atoms with E-state index in [9.17, 15) is 4.79 Å². The summed E-state index contributed by atoms with van der Waals surface area (Å²) in [5.74, 6) is 3.04. The van der Waals surface area contributed by atoms with Crippen LogP contribution in [0.15, 0.2) is 36.2 Å². The zero-order valence-corrected chi connectivity index (χ0v) is 20.5. The Balaban J connectivity index is 1.32. The summed E-state index contributed by atoms with van der Waals surface area (Å²) in [6.45, 7) is 5.30. The number of rotatable bonds is 7. The fourth-order valence-electron chi connectivity index (χ4n) is 6.88. The molecule has 1 aromatic carbocycles. The van der Waals surface area contributed by atoms with Crippen LogP contribution in [0.5, 0.6) is 5.75 Å². The lowest BCUT2D eigenvalue weighted by molar-refractivity contribution is -0.127. The third kappa shape index (κ3) is 4.18. The van der Waals surface area contributed by atoms with Crippen LogP contribution in [0.25, 0.3) is 6.08 Å². The molecule has 0 radical (unpaired) electrons. The first-order chi connectivity index (χ1) is 16.0. The fraction of sp³-hybridized carbons (Fsp3) is 0.586. The number of nitrogens with zero attached hydrogens (tertiary/aromatic N) is 2. The van der Waals surface area contributed by atoms with Gasteiger partial charge in [-0.1, -0.05) is 39.2 Å². The topological polar surface area (TPSA) is 44.1 Å². The van der Waals surface area contributed by atoms with Crippen LogP contribution in [0.4, 0.5) is 0 Å². The van der Waals surface area contributed by atoms with Crippen LogP contribution in [0, 0.1) is 17.3 Å². The molecule has 1 heterocycles. The van der Waals surface area contributed by atoms with Crippen molar-refractivity contribution in [3.8, 4) is 5.75 Å². The Hall–Kier alpha value is -2.36. The second-order valence-corrected chi connectivity index (χ2v) is 10.8. The van der Waals surface area contributed by atoms with E-state index in [0.717, 1.165) is 55.6 Å². The minimum atomic E-state index is -0.200. The van der Waals surface area contributed by atoms with Crippen molar-refractivity contribution in [1.82, 2.24) is 9.78 Å². The number of ether oxygens (including phenoxy) is 1. The van der Waals surface area contributed by atoms with E-state index in [1.165, 1.54) is 36.8 Å². The van der Waals surface area contributed by atoms with Gasteiger partial charge < -0.3 is 4.74 Å². The van der Waals surface area contributed by atoms with Gasteiger partial charge in [0.15, 0.2) is 5.78 Å². The maximum atomic E-state index is 13.5. The molecule has 2 aromatic rings. The number of fused-ring (bicyclic) bond motifs is 5. The van der Waals surface area contributed by atoms with Gasteiger partial charge in [0.2, 0.25) is 0 Å². The first-order valence-corrected chi connectivity index (χ1v) is 13.0. The van der Waals surface area contributed by atoms with Crippen LogP contribution < -0.4 is 4.74 Å². The quantitative estimate of drug-likeness (QED) is 0.360. The van der Waals surface area contributed by atoms with Crippen molar-refractivity contribution in [2.24, 2.45) is 24.3 Å². The Morgan fingerprint density at radius 1 is 1.24 bits per heavy atom. The van der Waals surface area contributed by atoms with Crippen molar-refractivity contribution in [2.75, 3.05) is 6.61 Å². The van der Waals surface area contributed by atoms with Gasteiger partial charge in [0, 0.05) is 24.2 Å². The highest BCUT2D eigenvalue weighted by Gasteiger charge is 2.56. The molecule has 4 heteroatoms. The summed E-state index contributed by atoms with van der Waals surface area (Å²) < 4.78 is 7.87. The number of carbonyl (C=O) groups is 1. The van der Waals surface area contributed by atoms with Crippen LogP contribution in [-0.4, -0.2) is 22.2 Å². The van der Waals surface area contributed by atoms with E-state index >= 15 is 0 Å². The summed E-state index contributed by atoms with van der Waals surface area (Å²) in [4.78, 5) is 13.5. The van der Waals surface area contributed by atoms with E-state index < -0.39 is 0 Å². The Morgan fingerprint density at radius 3 is 2.91 bits per heavy atom.